The van der Waals surface area contributed by atoms with Crippen LogP contribution in [0.4, 0.5) is 5.95 Å². The summed E-state index contributed by atoms with van der Waals surface area (Å²) >= 11 is 0. The summed E-state index contributed by atoms with van der Waals surface area (Å²) in [6.45, 7) is 2.08. The maximum Gasteiger partial charge on any atom is 0.220 e. The molecule has 0 spiro atoms. The van der Waals surface area contributed by atoms with Crippen molar-refractivity contribution in [2.45, 2.75) is 32.1 Å². The van der Waals surface area contributed by atoms with E-state index in [1.165, 1.54) is 12.8 Å². The maximum absolute atomic E-state index is 5.58. The van der Waals surface area contributed by atoms with Gasteiger partial charge in [0.1, 0.15) is 0 Å². The molecule has 1 aromatic rings. The zero-order chi connectivity index (χ0) is 8.55. The molecule has 2 rings (SSSR count). The molecule has 1 aliphatic rings. The monoisotopic (exact) mass is 163 g/mol. The van der Waals surface area contributed by atoms with Crippen molar-refractivity contribution in [3.05, 3.63) is 17.5 Å². The molecule has 3 nitrogen and oxygen atoms in total. The molecule has 0 aliphatic heterocycles. The predicted octanol–water partition coefficient (Wildman–Crippen LogP) is 1.50. The van der Waals surface area contributed by atoms with Gasteiger partial charge in [0.15, 0.2) is 0 Å². The summed E-state index contributed by atoms with van der Waals surface area (Å²) < 4.78 is 0. The van der Waals surface area contributed by atoms with Crippen LogP contribution in [0.1, 0.15) is 37.1 Å². The summed E-state index contributed by atoms with van der Waals surface area (Å²) in [4.78, 5) is 8.34. The van der Waals surface area contributed by atoms with Crippen LogP contribution in [0.2, 0.25) is 0 Å². The van der Waals surface area contributed by atoms with E-state index in [1.807, 2.05) is 0 Å². The van der Waals surface area contributed by atoms with Crippen LogP contribution < -0.4 is 5.73 Å². The Labute approximate surface area is 72.0 Å². The molecule has 64 valence electrons. The highest BCUT2D eigenvalue weighted by molar-refractivity contribution is 5.26. The topological polar surface area (TPSA) is 51.8 Å². The number of aromatic nitrogens is 2. The Morgan fingerprint density at radius 1 is 1.50 bits per heavy atom. The Hall–Kier alpha value is -1.12. The average Bonchev–Trinajstić information content (AvgIpc) is 2.85. The highest BCUT2D eigenvalue weighted by Gasteiger charge is 2.25. The molecule has 1 heterocycles. The van der Waals surface area contributed by atoms with Crippen molar-refractivity contribution in [3.8, 4) is 0 Å². The van der Waals surface area contributed by atoms with Crippen molar-refractivity contribution in [1.82, 2.24) is 9.97 Å². The Morgan fingerprint density at radius 2 is 2.25 bits per heavy atom. The van der Waals surface area contributed by atoms with Gasteiger partial charge in [0.05, 0.1) is 0 Å². The number of hydrogen-bond donors (Lipinski definition) is 1. The van der Waals surface area contributed by atoms with E-state index in [0.29, 0.717) is 11.9 Å². The highest BCUT2D eigenvalue weighted by atomic mass is 15.0. The zero-order valence-electron chi connectivity index (χ0n) is 7.25. The van der Waals surface area contributed by atoms with Crippen molar-refractivity contribution in [1.29, 1.82) is 0 Å². The van der Waals surface area contributed by atoms with E-state index in [0.717, 1.165) is 17.8 Å². The van der Waals surface area contributed by atoms with Crippen LogP contribution in [0.3, 0.4) is 0 Å². The Bertz CT molecular complexity index is 292. The fourth-order valence-electron chi connectivity index (χ4n) is 1.31. The number of rotatable bonds is 2. The lowest BCUT2D eigenvalue weighted by Crippen LogP contribution is -2.01. The molecule has 1 saturated carbocycles. The summed E-state index contributed by atoms with van der Waals surface area (Å²) in [6.07, 6.45) is 3.46. The first-order chi connectivity index (χ1) is 5.79. The summed E-state index contributed by atoms with van der Waals surface area (Å²) in [5.41, 5.74) is 7.78. The quantitative estimate of drug-likeness (QED) is 0.718. The molecule has 0 atom stereocenters. The maximum atomic E-state index is 5.58. The third-order valence-electron chi connectivity index (χ3n) is 2.17. The van der Waals surface area contributed by atoms with Gasteiger partial charge in [0, 0.05) is 17.3 Å². The van der Waals surface area contributed by atoms with E-state index < -0.39 is 0 Å². The van der Waals surface area contributed by atoms with Gasteiger partial charge in [-0.3, -0.25) is 0 Å². The Morgan fingerprint density at radius 3 is 2.83 bits per heavy atom. The third-order valence-corrected chi connectivity index (χ3v) is 2.17. The van der Waals surface area contributed by atoms with Gasteiger partial charge in [-0.25, -0.2) is 9.97 Å². The predicted molar refractivity (Wildman–Crippen MR) is 47.8 cm³/mol. The molecule has 1 fully saturated rings. The third kappa shape index (κ3) is 1.40. The second kappa shape index (κ2) is 2.73. The van der Waals surface area contributed by atoms with Gasteiger partial charge < -0.3 is 5.73 Å². The van der Waals surface area contributed by atoms with Gasteiger partial charge in [-0.05, 0) is 25.3 Å². The lowest BCUT2D eigenvalue weighted by atomic mass is 10.2. The molecule has 2 N–H and O–H groups in total. The summed E-state index contributed by atoms with van der Waals surface area (Å²) in [6, 6.07) is 2.08. The van der Waals surface area contributed by atoms with E-state index in [9.17, 15) is 0 Å². The fraction of sp³-hybridized carbons (Fsp3) is 0.556. The lowest BCUT2D eigenvalue weighted by Gasteiger charge is -2.01. The van der Waals surface area contributed by atoms with Crippen LogP contribution in [-0.2, 0) is 6.42 Å². The number of nitrogen functional groups attached to an aromatic ring is 1. The second-order valence-corrected chi connectivity index (χ2v) is 3.27. The van der Waals surface area contributed by atoms with Crippen LogP contribution >= 0.6 is 0 Å². The molecule has 0 amide bonds. The highest BCUT2D eigenvalue weighted by Crippen LogP contribution is 2.39. The normalized spacial score (nSPS) is 16.4. The molecule has 0 aromatic carbocycles. The minimum absolute atomic E-state index is 0.427. The minimum Gasteiger partial charge on any atom is -0.368 e. The first kappa shape index (κ1) is 7.53. The first-order valence-corrected chi connectivity index (χ1v) is 4.43. The van der Waals surface area contributed by atoms with Crippen molar-refractivity contribution in [2.24, 2.45) is 0 Å². The van der Waals surface area contributed by atoms with E-state index in [-0.39, 0.29) is 0 Å². The summed E-state index contributed by atoms with van der Waals surface area (Å²) in [7, 11) is 0. The number of aryl methyl sites for hydroxylation is 1. The molecular weight excluding hydrogens is 150 g/mol. The smallest absolute Gasteiger partial charge is 0.220 e. The lowest BCUT2D eigenvalue weighted by molar-refractivity contribution is 0.940. The van der Waals surface area contributed by atoms with Crippen molar-refractivity contribution < 1.29 is 0 Å². The van der Waals surface area contributed by atoms with E-state index in [1.54, 1.807) is 0 Å². The molecule has 0 saturated heterocycles. The van der Waals surface area contributed by atoms with Gasteiger partial charge >= 0.3 is 0 Å². The molecule has 1 aromatic heterocycles. The number of nitrogens with zero attached hydrogens (tertiary/aromatic N) is 2. The minimum atomic E-state index is 0.427. The second-order valence-electron chi connectivity index (χ2n) is 3.27. The Kier molecular flexibility index (Phi) is 1.71. The van der Waals surface area contributed by atoms with Crippen LogP contribution in [0, 0.1) is 0 Å². The van der Waals surface area contributed by atoms with Crippen LogP contribution in [0.5, 0.6) is 0 Å². The number of anilines is 1. The summed E-state index contributed by atoms with van der Waals surface area (Å²) in [5.74, 6) is 1.09. The molecule has 0 radical (unpaired) electrons. The summed E-state index contributed by atoms with van der Waals surface area (Å²) in [5, 5.41) is 0. The largest absolute Gasteiger partial charge is 0.368 e. The van der Waals surface area contributed by atoms with Crippen LogP contribution in [0.25, 0.3) is 0 Å². The van der Waals surface area contributed by atoms with E-state index >= 15 is 0 Å². The fourth-order valence-corrected chi connectivity index (χ4v) is 1.31. The zero-order valence-corrected chi connectivity index (χ0v) is 7.25. The molecule has 0 unspecified atom stereocenters. The van der Waals surface area contributed by atoms with Crippen LogP contribution in [0.15, 0.2) is 6.07 Å². The number of hydrogen-bond acceptors (Lipinski definition) is 3. The standard InChI is InChI=1S/C9H13N3/c1-2-7-5-8(6-3-4-6)12-9(10)11-7/h5-6H,2-4H2,1H3,(H2,10,11,12). The van der Waals surface area contributed by atoms with E-state index in [4.69, 9.17) is 5.73 Å². The van der Waals surface area contributed by atoms with Gasteiger partial charge in [-0.2, -0.15) is 0 Å². The molecule has 1 aliphatic carbocycles. The van der Waals surface area contributed by atoms with Gasteiger partial charge in [0.25, 0.3) is 0 Å². The number of nitrogens with two attached hydrogens (primary N) is 1. The van der Waals surface area contributed by atoms with Crippen molar-refractivity contribution in [3.63, 3.8) is 0 Å². The average molecular weight is 163 g/mol. The van der Waals surface area contributed by atoms with Gasteiger partial charge in [0.2, 0.25) is 5.95 Å². The first-order valence-electron chi connectivity index (χ1n) is 4.43. The van der Waals surface area contributed by atoms with Crippen molar-refractivity contribution in [2.75, 3.05) is 5.73 Å². The van der Waals surface area contributed by atoms with Crippen LogP contribution in [-0.4, -0.2) is 9.97 Å². The molecule has 12 heavy (non-hydrogen) atoms. The Balaban J connectivity index is 2.34. The van der Waals surface area contributed by atoms with Crippen molar-refractivity contribution >= 4 is 5.95 Å². The SMILES string of the molecule is CCc1cc(C2CC2)nc(N)n1. The van der Waals surface area contributed by atoms with Gasteiger partial charge in [-0.15, -0.1) is 0 Å². The van der Waals surface area contributed by atoms with E-state index in [2.05, 4.69) is 23.0 Å². The molecular formula is C9H13N3. The molecule has 0 bridgehead atoms. The van der Waals surface area contributed by atoms with Gasteiger partial charge in [-0.1, -0.05) is 6.92 Å². The molecule has 3 heteroatoms.